The fourth-order valence-corrected chi connectivity index (χ4v) is 4.56. The summed E-state index contributed by atoms with van der Waals surface area (Å²) in [7, 11) is -4.49. The van der Waals surface area contributed by atoms with Gasteiger partial charge in [-0.05, 0) is 43.7 Å². The Labute approximate surface area is 252 Å². The molecule has 0 bridgehead atoms. The zero-order chi connectivity index (χ0) is 31.5. The summed E-state index contributed by atoms with van der Waals surface area (Å²) in [6.07, 6.45) is 4.16. The molecule has 16 heteroatoms. The number of nitrogens with zero attached hydrogens (tertiary/aromatic N) is 4. The topological polar surface area (TPSA) is 175 Å². The van der Waals surface area contributed by atoms with Gasteiger partial charge in [0, 0.05) is 42.5 Å². The molecule has 2 aromatic carbocycles. The minimum atomic E-state index is -4.49. The monoisotopic (exact) mass is 633 g/mol. The lowest BCUT2D eigenvalue weighted by Gasteiger charge is -2.22. The summed E-state index contributed by atoms with van der Waals surface area (Å²) < 4.78 is 48.7. The van der Waals surface area contributed by atoms with Crippen LogP contribution in [0.4, 0.5) is 26.2 Å². The molecule has 0 atom stereocenters. The molecule has 4 aromatic rings. The average Bonchev–Trinajstić information content (AvgIpc) is 3.41. The van der Waals surface area contributed by atoms with Gasteiger partial charge >= 0.3 is 7.82 Å². The van der Waals surface area contributed by atoms with E-state index in [-0.39, 0.29) is 24.7 Å². The molecule has 0 aliphatic rings. The summed E-state index contributed by atoms with van der Waals surface area (Å²) in [5.41, 5.74) is 0.813. The number of benzene rings is 2. The minimum Gasteiger partial charge on any atom is -0.493 e. The molecule has 44 heavy (non-hydrogen) atoms. The van der Waals surface area contributed by atoms with Gasteiger partial charge in [0.25, 0.3) is 0 Å². The van der Waals surface area contributed by atoms with Crippen molar-refractivity contribution in [3.63, 3.8) is 0 Å². The van der Waals surface area contributed by atoms with Crippen molar-refractivity contribution in [3.05, 3.63) is 66.0 Å². The number of ether oxygens (including phenoxy) is 1. The largest absolute Gasteiger partial charge is 0.493 e. The number of carbonyl (C=O) groups is 1. The quantitative estimate of drug-likeness (QED) is 0.0816. The van der Waals surface area contributed by atoms with E-state index in [2.05, 4.69) is 47.1 Å². The number of nitrogens with one attached hydrogen (secondary N) is 3. The van der Waals surface area contributed by atoms with Crippen molar-refractivity contribution < 1.29 is 37.2 Å². The normalized spacial score (nSPS) is 11.7. The van der Waals surface area contributed by atoms with Crippen molar-refractivity contribution in [2.24, 2.45) is 0 Å². The van der Waals surface area contributed by atoms with Crippen LogP contribution in [0.5, 0.6) is 5.75 Å². The maximum Gasteiger partial charge on any atom is 0.469 e. The first-order valence-corrected chi connectivity index (χ1v) is 15.5. The van der Waals surface area contributed by atoms with Crippen molar-refractivity contribution >= 4 is 42.1 Å². The van der Waals surface area contributed by atoms with E-state index in [1.54, 1.807) is 18.3 Å². The summed E-state index contributed by atoms with van der Waals surface area (Å²) in [5.74, 6) is -1.50. The Morgan fingerprint density at radius 3 is 2.70 bits per heavy atom. The molecule has 2 aromatic heterocycles. The van der Waals surface area contributed by atoms with Gasteiger partial charge in [0.1, 0.15) is 5.75 Å². The van der Waals surface area contributed by atoms with Gasteiger partial charge in [-0.2, -0.15) is 5.10 Å². The lowest BCUT2D eigenvalue weighted by atomic mass is 10.2. The molecule has 0 saturated carbocycles. The van der Waals surface area contributed by atoms with E-state index in [1.807, 2.05) is 12.1 Å². The van der Waals surface area contributed by atoms with Gasteiger partial charge < -0.3 is 30.1 Å². The number of H-pyrrole nitrogens is 1. The van der Waals surface area contributed by atoms with Crippen LogP contribution in [0.25, 0.3) is 10.9 Å². The van der Waals surface area contributed by atoms with Crippen molar-refractivity contribution in [1.82, 2.24) is 25.1 Å². The predicted molar refractivity (Wildman–Crippen MR) is 160 cm³/mol. The average molecular weight is 634 g/mol. The van der Waals surface area contributed by atoms with E-state index in [1.165, 1.54) is 12.1 Å². The molecule has 236 valence electrons. The number of hydrogen-bond acceptors (Lipinski definition) is 9. The van der Waals surface area contributed by atoms with Crippen LogP contribution in [0.1, 0.15) is 31.9 Å². The van der Waals surface area contributed by atoms with Gasteiger partial charge in [-0.25, -0.2) is 23.3 Å². The smallest absolute Gasteiger partial charge is 0.469 e. The molecule has 0 unspecified atom stereocenters. The number of aromatic amines is 1. The zero-order valence-corrected chi connectivity index (χ0v) is 24.9. The highest BCUT2D eigenvalue weighted by molar-refractivity contribution is 7.46. The zero-order valence-electron chi connectivity index (χ0n) is 24.0. The number of phosphoric acid groups is 1. The number of aromatic nitrogens is 4. The lowest BCUT2D eigenvalue weighted by molar-refractivity contribution is -0.115. The third kappa shape index (κ3) is 10.3. The van der Waals surface area contributed by atoms with E-state index in [4.69, 9.17) is 14.5 Å². The molecule has 0 saturated heterocycles. The molecular weight excluding hydrogens is 599 g/mol. The number of amides is 1. The Hall–Kier alpha value is -4.01. The third-order valence-corrected chi connectivity index (χ3v) is 6.90. The molecule has 13 nitrogen and oxygen atoms in total. The van der Waals surface area contributed by atoms with Gasteiger partial charge in [-0.1, -0.05) is 19.4 Å². The van der Waals surface area contributed by atoms with Crippen LogP contribution < -0.4 is 15.4 Å². The van der Waals surface area contributed by atoms with Gasteiger partial charge in [0.15, 0.2) is 17.5 Å². The molecule has 0 spiro atoms. The van der Waals surface area contributed by atoms with Crippen LogP contribution in [0.2, 0.25) is 0 Å². The van der Waals surface area contributed by atoms with E-state index in [9.17, 15) is 18.1 Å². The number of anilines is 3. The Bertz CT molecular complexity index is 1600. The van der Waals surface area contributed by atoms with Crippen molar-refractivity contribution in [3.8, 4) is 5.75 Å². The molecule has 0 aliphatic heterocycles. The second-order valence-corrected chi connectivity index (χ2v) is 11.1. The highest BCUT2D eigenvalue weighted by Gasteiger charge is 2.15. The number of rotatable bonds is 17. The third-order valence-electron chi connectivity index (χ3n) is 6.38. The molecule has 0 fully saturated rings. The fraction of sp³-hybridized carbons (Fsp3) is 0.357. The van der Waals surface area contributed by atoms with E-state index in [0.29, 0.717) is 48.9 Å². The SMILES string of the molecule is CCCCN(CCCOc1ccc2cnc(Nc3cc(CC(=O)Nc4cccc(F)c4F)[nH]n3)nc2c1)CCOP(=O)(O)O. The lowest BCUT2D eigenvalue weighted by Crippen LogP contribution is -2.30. The van der Waals surface area contributed by atoms with Crippen molar-refractivity contribution in [2.75, 3.05) is 43.5 Å². The van der Waals surface area contributed by atoms with E-state index >= 15 is 0 Å². The van der Waals surface area contributed by atoms with E-state index < -0.39 is 25.4 Å². The highest BCUT2D eigenvalue weighted by Crippen LogP contribution is 2.35. The van der Waals surface area contributed by atoms with Gasteiger partial charge in [-0.3, -0.25) is 14.4 Å². The van der Waals surface area contributed by atoms with E-state index in [0.717, 1.165) is 30.8 Å². The van der Waals surface area contributed by atoms with Gasteiger partial charge in [-0.15, -0.1) is 0 Å². The Balaban J connectivity index is 1.28. The number of phosphoric ester groups is 1. The standard InChI is InChI=1S/C28H34F2N7O6P/c1-2-3-10-37(12-14-43-44(39,40)41)11-5-13-42-21-9-8-19-18-31-28(33-24(19)17-21)34-25-15-20(35-36-25)16-26(38)32-23-7-4-6-22(29)27(23)30/h4,6-9,15,17-18H,2-3,5,10-14,16H2,1H3,(H,32,38)(H2,39,40,41)(H2,31,33,34,35,36). The summed E-state index contributed by atoms with van der Waals surface area (Å²) in [6.45, 7) is 4.34. The van der Waals surface area contributed by atoms with Crippen LogP contribution in [-0.2, 0) is 20.3 Å². The van der Waals surface area contributed by atoms with Crippen molar-refractivity contribution in [1.29, 1.82) is 0 Å². The number of fused-ring (bicyclic) bond motifs is 1. The fourth-order valence-electron chi connectivity index (χ4n) is 4.24. The maximum atomic E-state index is 13.8. The molecule has 4 rings (SSSR count). The molecular formula is C28H34F2N7O6P. The van der Waals surface area contributed by atoms with Gasteiger partial charge in [0.2, 0.25) is 11.9 Å². The van der Waals surface area contributed by atoms with Crippen LogP contribution in [0.15, 0.2) is 48.7 Å². The number of carbonyl (C=O) groups excluding carboxylic acids is 1. The van der Waals surface area contributed by atoms with Crippen LogP contribution >= 0.6 is 7.82 Å². The Kier molecular flexibility index (Phi) is 11.7. The van der Waals surface area contributed by atoms with Crippen LogP contribution in [0, 0.1) is 11.6 Å². The van der Waals surface area contributed by atoms with Gasteiger partial charge in [0.05, 0.1) is 30.8 Å². The minimum absolute atomic E-state index is 0.0533. The second-order valence-electron chi connectivity index (χ2n) is 9.86. The number of unbranched alkanes of at least 4 members (excludes halogenated alkanes) is 1. The van der Waals surface area contributed by atoms with Crippen molar-refractivity contribution in [2.45, 2.75) is 32.6 Å². The Morgan fingerprint density at radius 2 is 1.91 bits per heavy atom. The first-order chi connectivity index (χ1) is 21.1. The summed E-state index contributed by atoms with van der Waals surface area (Å²) in [6, 6.07) is 10.6. The molecule has 5 N–H and O–H groups in total. The summed E-state index contributed by atoms with van der Waals surface area (Å²) in [4.78, 5) is 41.0. The first-order valence-electron chi connectivity index (χ1n) is 14.0. The maximum absolute atomic E-state index is 13.8. The number of hydrogen-bond donors (Lipinski definition) is 5. The molecule has 0 aliphatic carbocycles. The summed E-state index contributed by atoms with van der Waals surface area (Å²) >= 11 is 0. The molecule has 1 amide bonds. The highest BCUT2D eigenvalue weighted by atomic mass is 31.2. The molecule has 0 radical (unpaired) electrons. The second kappa shape index (κ2) is 15.6. The Morgan fingerprint density at radius 1 is 1.09 bits per heavy atom. The summed E-state index contributed by atoms with van der Waals surface area (Å²) in [5, 5.41) is 12.9. The van der Waals surface area contributed by atoms with Crippen LogP contribution in [-0.4, -0.2) is 73.6 Å². The number of halogens is 2. The predicted octanol–water partition coefficient (Wildman–Crippen LogP) is 4.54. The first kappa shape index (κ1) is 32.9. The van der Waals surface area contributed by atoms with Crippen LogP contribution in [0.3, 0.4) is 0 Å². The molecule has 2 heterocycles.